The highest BCUT2D eigenvalue weighted by Gasteiger charge is 2.61. The summed E-state index contributed by atoms with van der Waals surface area (Å²) in [4.78, 5) is 0. The Balaban J connectivity index is 2.04. The van der Waals surface area contributed by atoms with Crippen molar-refractivity contribution in [2.24, 2.45) is 16.7 Å². The van der Waals surface area contributed by atoms with Gasteiger partial charge in [0.15, 0.2) is 0 Å². The fraction of sp³-hybridized carbons (Fsp3) is 1.00. The molecule has 2 saturated carbocycles. The molecule has 0 spiro atoms. The largest absolute Gasteiger partial charge is 0.396 e. The van der Waals surface area contributed by atoms with Gasteiger partial charge in [-0.15, -0.1) is 0 Å². The molecule has 0 aliphatic heterocycles. The number of aliphatic hydroxyl groups is 1. The third-order valence-electron chi connectivity index (χ3n) is 5.84. The van der Waals surface area contributed by atoms with E-state index >= 15 is 0 Å². The molecule has 0 saturated heterocycles. The second kappa shape index (κ2) is 3.99. The molecule has 0 radical (unpaired) electrons. The van der Waals surface area contributed by atoms with E-state index in [1.807, 2.05) is 0 Å². The van der Waals surface area contributed by atoms with E-state index in [2.05, 4.69) is 33.0 Å². The molecule has 2 rings (SSSR count). The maximum absolute atomic E-state index is 8.97. The van der Waals surface area contributed by atoms with Crippen LogP contribution in [-0.4, -0.2) is 23.8 Å². The van der Waals surface area contributed by atoms with Crippen molar-refractivity contribution in [1.29, 1.82) is 0 Å². The lowest BCUT2D eigenvalue weighted by Crippen LogP contribution is -2.47. The molecule has 4 atom stereocenters. The van der Waals surface area contributed by atoms with Crippen LogP contribution in [0.3, 0.4) is 0 Å². The molecular formula is C14H27NO. The Bertz CT molecular complexity index is 263. The Labute approximate surface area is 99.8 Å². The number of hydrogen-bond donors (Lipinski definition) is 2. The molecule has 2 aliphatic rings. The predicted octanol–water partition coefficient (Wildman–Crippen LogP) is 2.56. The molecule has 0 aromatic rings. The smallest absolute Gasteiger partial charge is 0.0445 e. The van der Waals surface area contributed by atoms with Gasteiger partial charge >= 0.3 is 0 Å². The van der Waals surface area contributed by atoms with E-state index in [4.69, 9.17) is 5.11 Å². The van der Waals surface area contributed by atoms with E-state index in [1.165, 1.54) is 19.3 Å². The van der Waals surface area contributed by atoms with Gasteiger partial charge in [0.2, 0.25) is 0 Å². The van der Waals surface area contributed by atoms with Crippen molar-refractivity contribution in [3.63, 3.8) is 0 Å². The minimum atomic E-state index is 0.296. The number of nitrogens with one attached hydrogen (secondary N) is 1. The van der Waals surface area contributed by atoms with E-state index < -0.39 is 0 Å². The predicted molar refractivity (Wildman–Crippen MR) is 67.3 cm³/mol. The van der Waals surface area contributed by atoms with Gasteiger partial charge in [0.25, 0.3) is 0 Å². The van der Waals surface area contributed by atoms with E-state index in [-0.39, 0.29) is 0 Å². The summed E-state index contributed by atoms with van der Waals surface area (Å²) in [5.74, 6) is 0.899. The highest BCUT2D eigenvalue weighted by Crippen LogP contribution is 2.65. The van der Waals surface area contributed by atoms with Crippen LogP contribution < -0.4 is 5.32 Å². The van der Waals surface area contributed by atoms with Crippen LogP contribution in [0.4, 0.5) is 0 Å². The lowest BCUT2D eigenvalue weighted by Gasteiger charge is -2.40. The fourth-order valence-corrected chi connectivity index (χ4v) is 4.08. The molecule has 0 amide bonds. The van der Waals surface area contributed by atoms with E-state index in [0.29, 0.717) is 29.5 Å². The van der Waals surface area contributed by atoms with Gasteiger partial charge in [-0.3, -0.25) is 0 Å². The number of aliphatic hydroxyl groups excluding tert-OH is 1. The van der Waals surface area contributed by atoms with Crippen molar-refractivity contribution in [3.8, 4) is 0 Å². The van der Waals surface area contributed by atoms with Gasteiger partial charge in [0.05, 0.1) is 0 Å². The van der Waals surface area contributed by atoms with Crippen LogP contribution in [-0.2, 0) is 0 Å². The van der Waals surface area contributed by atoms with Gasteiger partial charge in [0, 0.05) is 18.7 Å². The van der Waals surface area contributed by atoms with Crippen LogP contribution in [0.15, 0.2) is 0 Å². The van der Waals surface area contributed by atoms with Gasteiger partial charge in [-0.05, 0) is 49.4 Å². The van der Waals surface area contributed by atoms with E-state index in [1.54, 1.807) is 0 Å². The van der Waals surface area contributed by atoms with Crippen LogP contribution in [0.1, 0.15) is 53.4 Å². The lowest BCUT2D eigenvalue weighted by atomic mass is 9.69. The zero-order valence-electron chi connectivity index (χ0n) is 11.2. The van der Waals surface area contributed by atoms with Gasteiger partial charge in [-0.25, -0.2) is 0 Å². The quantitative estimate of drug-likeness (QED) is 0.770. The summed E-state index contributed by atoms with van der Waals surface area (Å²) < 4.78 is 0. The van der Waals surface area contributed by atoms with Crippen molar-refractivity contribution >= 4 is 0 Å². The zero-order valence-corrected chi connectivity index (χ0v) is 11.2. The third-order valence-corrected chi connectivity index (χ3v) is 5.84. The van der Waals surface area contributed by atoms with Crippen molar-refractivity contribution in [1.82, 2.24) is 5.32 Å². The molecule has 0 aromatic carbocycles. The average Bonchev–Trinajstić information content (AvgIpc) is 2.51. The maximum atomic E-state index is 8.97. The summed E-state index contributed by atoms with van der Waals surface area (Å²) in [6, 6.07) is 1.10. The Morgan fingerprint density at radius 2 is 2.06 bits per heavy atom. The van der Waals surface area contributed by atoms with E-state index in [0.717, 1.165) is 12.3 Å². The van der Waals surface area contributed by atoms with Crippen LogP contribution in [0.5, 0.6) is 0 Å². The Morgan fingerprint density at radius 1 is 1.38 bits per heavy atom. The molecule has 2 fully saturated rings. The van der Waals surface area contributed by atoms with Crippen LogP contribution in [0.25, 0.3) is 0 Å². The molecule has 2 bridgehead atoms. The number of rotatable bonds is 4. The highest BCUT2D eigenvalue weighted by molar-refractivity contribution is 5.13. The summed E-state index contributed by atoms with van der Waals surface area (Å²) in [5, 5.41) is 12.7. The third kappa shape index (κ3) is 1.62. The highest BCUT2D eigenvalue weighted by atomic mass is 16.3. The zero-order chi connectivity index (χ0) is 12.0. The molecule has 2 heteroatoms. The van der Waals surface area contributed by atoms with Crippen molar-refractivity contribution in [2.45, 2.75) is 65.5 Å². The van der Waals surface area contributed by atoms with Crippen molar-refractivity contribution in [3.05, 3.63) is 0 Å². The Morgan fingerprint density at radius 3 is 2.50 bits per heavy atom. The van der Waals surface area contributed by atoms with Crippen LogP contribution >= 0.6 is 0 Å². The van der Waals surface area contributed by atoms with Crippen molar-refractivity contribution < 1.29 is 5.11 Å². The molecule has 0 heterocycles. The molecular weight excluding hydrogens is 198 g/mol. The maximum Gasteiger partial charge on any atom is 0.0445 e. The lowest BCUT2D eigenvalue weighted by molar-refractivity contribution is 0.113. The summed E-state index contributed by atoms with van der Waals surface area (Å²) in [6.45, 7) is 9.85. The summed E-state index contributed by atoms with van der Waals surface area (Å²) in [6.07, 6.45) is 4.99. The molecule has 3 unspecified atom stereocenters. The number of fused-ring (bicyclic) bond motifs is 2. The van der Waals surface area contributed by atoms with Gasteiger partial charge < -0.3 is 10.4 Å². The molecule has 94 valence electrons. The minimum absolute atomic E-state index is 0.296. The van der Waals surface area contributed by atoms with Gasteiger partial charge in [-0.2, -0.15) is 0 Å². The molecule has 2 nitrogen and oxygen atoms in total. The molecule has 16 heavy (non-hydrogen) atoms. The van der Waals surface area contributed by atoms with Gasteiger partial charge in [-0.1, -0.05) is 20.8 Å². The first-order valence-corrected chi connectivity index (χ1v) is 6.78. The summed E-state index contributed by atoms with van der Waals surface area (Å²) >= 11 is 0. The normalized spacial score (nSPS) is 42.6. The topological polar surface area (TPSA) is 32.3 Å². The average molecular weight is 225 g/mol. The molecule has 2 N–H and O–H groups in total. The summed E-state index contributed by atoms with van der Waals surface area (Å²) in [7, 11) is 0. The van der Waals surface area contributed by atoms with Crippen LogP contribution in [0, 0.1) is 16.7 Å². The van der Waals surface area contributed by atoms with E-state index in [9.17, 15) is 0 Å². The minimum Gasteiger partial charge on any atom is -0.396 e. The van der Waals surface area contributed by atoms with Gasteiger partial charge in [0.1, 0.15) is 0 Å². The molecule has 0 aromatic heterocycles. The molecule has 2 aliphatic carbocycles. The second-order valence-corrected chi connectivity index (χ2v) is 6.74. The van der Waals surface area contributed by atoms with Crippen LogP contribution in [0.2, 0.25) is 0 Å². The first-order chi connectivity index (χ1) is 7.41. The first kappa shape index (κ1) is 12.4. The Hall–Kier alpha value is -0.0800. The first-order valence-electron chi connectivity index (χ1n) is 6.78. The SMILES string of the molecule is CC(CCO)NC1CC2CC[C@]1(C)C2(C)C. The Kier molecular flexibility index (Phi) is 3.09. The second-order valence-electron chi connectivity index (χ2n) is 6.74. The van der Waals surface area contributed by atoms with Crippen molar-refractivity contribution in [2.75, 3.05) is 6.61 Å². The fourth-order valence-electron chi connectivity index (χ4n) is 4.08. The standard InChI is InChI=1S/C14H27NO/c1-10(6-8-16)15-12-9-11-5-7-14(12,4)13(11,2)3/h10-12,15-16H,5-9H2,1-4H3/t10?,11?,12?,14-/m0/s1. The number of hydrogen-bond acceptors (Lipinski definition) is 2. The monoisotopic (exact) mass is 225 g/mol. The summed E-state index contributed by atoms with van der Waals surface area (Å²) in [5.41, 5.74) is 0.949.